The average molecular weight is 525 g/mol. The molecule has 2 aromatic rings. The lowest BCUT2D eigenvalue weighted by Gasteiger charge is -2.36. The first kappa shape index (κ1) is 26.8. The normalized spacial score (nSPS) is 27.0. The molecule has 3 unspecified atom stereocenters. The van der Waals surface area contributed by atoms with E-state index in [0.717, 1.165) is 32.2 Å². The van der Waals surface area contributed by atoms with Gasteiger partial charge in [0.1, 0.15) is 11.5 Å². The van der Waals surface area contributed by atoms with Crippen molar-refractivity contribution in [2.24, 2.45) is 23.7 Å². The van der Waals surface area contributed by atoms with Crippen LogP contribution in [0.1, 0.15) is 56.6 Å². The van der Waals surface area contributed by atoms with Crippen molar-refractivity contribution in [2.75, 3.05) is 25.5 Å². The van der Waals surface area contributed by atoms with Gasteiger partial charge >= 0.3 is 0 Å². The Balaban J connectivity index is 1.04. The maximum Gasteiger partial charge on any atom is 0.270 e. The monoisotopic (exact) mass is 524 g/mol. The van der Waals surface area contributed by atoms with E-state index in [1.807, 2.05) is 12.1 Å². The van der Waals surface area contributed by atoms with Crippen molar-refractivity contribution >= 4 is 17.4 Å². The van der Waals surface area contributed by atoms with Gasteiger partial charge in [-0.1, -0.05) is 37.1 Å². The molecule has 0 spiro atoms. The number of ether oxygens (including phenoxy) is 1. The molecule has 1 amide bonds. The molecule has 0 bridgehead atoms. The number of nitrogens with zero attached hydrogens (tertiary/aromatic N) is 1. The standard InChI is InChI=1S/C31H38F2N2O3/c1-31(32,33)22-6-4-7-23(17-22)34-29(37)14-13-28(36)30-26-18-35(19-27(26)30)24-8-3-5-21(16-24)15-20-9-11-25(38-2)12-10-20/h4,6-7,9-12,17,21,24,26-27,30H,3,5,8,13-16,18-19H2,1-2H3,(H,34,37)/t21?,24?,26-,27+,30?. The number of methoxy groups -OCH3 is 1. The summed E-state index contributed by atoms with van der Waals surface area (Å²) in [5.74, 6) is -0.586. The van der Waals surface area contributed by atoms with Crippen molar-refractivity contribution in [3.05, 3.63) is 59.7 Å². The van der Waals surface area contributed by atoms with Crippen LogP contribution in [-0.4, -0.2) is 42.8 Å². The molecular weight excluding hydrogens is 486 g/mol. The van der Waals surface area contributed by atoms with Crippen LogP contribution < -0.4 is 10.1 Å². The van der Waals surface area contributed by atoms with Crippen LogP contribution >= 0.6 is 0 Å². The summed E-state index contributed by atoms with van der Waals surface area (Å²) in [6.07, 6.45) is 6.39. The summed E-state index contributed by atoms with van der Waals surface area (Å²) in [4.78, 5) is 27.8. The van der Waals surface area contributed by atoms with Crippen LogP contribution in [0.4, 0.5) is 14.5 Å². The Morgan fingerprint density at radius 2 is 1.79 bits per heavy atom. The Kier molecular flexibility index (Phi) is 7.85. The van der Waals surface area contributed by atoms with E-state index in [-0.39, 0.29) is 36.0 Å². The summed E-state index contributed by atoms with van der Waals surface area (Å²) in [5.41, 5.74) is 1.55. The number of amides is 1. The Morgan fingerprint density at radius 1 is 1.05 bits per heavy atom. The minimum absolute atomic E-state index is 0.0832. The summed E-state index contributed by atoms with van der Waals surface area (Å²) >= 11 is 0. The zero-order chi connectivity index (χ0) is 26.9. The van der Waals surface area contributed by atoms with Crippen LogP contribution in [0.25, 0.3) is 0 Å². The Morgan fingerprint density at radius 3 is 2.47 bits per heavy atom. The molecule has 204 valence electrons. The van der Waals surface area contributed by atoms with Crippen molar-refractivity contribution in [1.29, 1.82) is 0 Å². The number of hydrogen-bond acceptors (Lipinski definition) is 4. The van der Waals surface area contributed by atoms with Gasteiger partial charge in [0.05, 0.1) is 7.11 Å². The number of benzene rings is 2. The van der Waals surface area contributed by atoms with Gasteiger partial charge in [-0.2, -0.15) is 0 Å². The van der Waals surface area contributed by atoms with E-state index in [1.54, 1.807) is 13.2 Å². The second-order valence-electron chi connectivity index (χ2n) is 11.5. The minimum atomic E-state index is -2.97. The maximum atomic E-state index is 13.5. The molecule has 1 heterocycles. The first-order valence-electron chi connectivity index (χ1n) is 13.9. The second kappa shape index (κ2) is 11.1. The maximum absolute atomic E-state index is 13.5. The smallest absolute Gasteiger partial charge is 0.270 e. The predicted octanol–water partition coefficient (Wildman–Crippen LogP) is 6.07. The minimum Gasteiger partial charge on any atom is -0.497 e. The third-order valence-corrected chi connectivity index (χ3v) is 8.80. The summed E-state index contributed by atoms with van der Waals surface area (Å²) in [6.45, 7) is 2.81. The van der Waals surface area contributed by atoms with Gasteiger partial charge in [-0.3, -0.25) is 14.5 Å². The van der Waals surface area contributed by atoms with Crippen LogP contribution in [0, 0.1) is 23.7 Å². The fraction of sp³-hybridized carbons (Fsp3) is 0.548. The fourth-order valence-corrected chi connectivity index (χ4v) is 6.71. The largest absolute Gasteiger partial charge is 0.497 e. The van der Waals surface area contributed by atoms with E-state index in [9.17, 15) is 18.4 Å². The van der Waals surface area contributed by atoms with Crippen LogP contribution in [0.5, 0.6) is 5.75 Å². The quantitative estimate of drug-likeness (QED) is 0.410. The highest BCUT2D eigenvalue weighted by atomic mass is 19.3. The van der Waals surface area contributed by atoms with E-state index in [0.29, 0.717) is 29.5 Å². The highest BCUT2D eigenvalue weighted by Crippen LogP contribution is 2.54. The number of ketones is 1. The fourth-order valence-electron chi connectivity index (χ4n) is 6.71. The zero-order valence-corrected chi connectivity index (χ0v) is 22.3. The molecule has 2 aliphatic carbocycles. The van der Waals surface area contributed by atoms with Crippen molar-refractivity contribution < 1.29 is 23.1 Å². The van der Waals surface area contributed by atoms with Crippen molar-refractivity contribution in [3.63, 3.8) is 0 Å². The molecule has 1 aliphatic heterocycles. The number of fused-ring (bicyclic) bond motifs is 1. The van der Waals surface area contributed by atoms with E-state index in [2.05, 4.69) is 22.3 Å². The Hall–Kier alpha value is -2.80. The number of rotatable bonds is 10. The third-order valence-electron chi connectivity index (χ3n) is 8.80. The van der Waals surface area contributed by atoms with Gasteiger partial charge < -0.3 is 10.1 Å². The summed E-state index contributed by atoms with van der Waals surface area (Å²) in [5, 5.41) is 2.66. The summed E-state index contributed by atoms with van der Waals surface area (Å²) in [7, 11) is 1.69. The number of carbonyl (C=O) groups is 2. The molecule has 2 saturated carbocycles. The summed E-state index contributed by atoms with van der Waals surface area (Å²) < 4.78 is 32.4. The highest BCUT2D eigenvalue weighted by molar-refractivity contribution is 5.94. The molecule has 0 aromatic heterocycles. The number of carbonyl (C=O) groups excluding carboxylic acids is 2. The Bertz CT molecular complexity index is 1130. The lowest BCUT2D eigenvalue weighted by molar-refractivity contribution is -0.124. The van der Waals surface area contributed by atoms with Crippen LogP contribution in [-0.2, 0) is 21.9 Å². The van der Waals surface area contributed by atoms with Crippen molar-refractivity contribution in [3.8, 4) is 5.75 Å². The highest BCUT2D eigenvalue weighted by Gasteiger charge is 2.59. The zero-order valence-electron chi connectivity index (χ0n) is 22.3. The summed E-state index contributed by atoms with van der Waals surface area (Å²) in [6, 6.07) is 14.7. The van der Waals surface area contributed by atoms with Gasteiger partial charge in [-0.15, -0.1) is 0 Å². The van der Waals surface area contributed by atoms with Crippen molar-refractivity contribution in [2.45, 2.75) is 63.8 Å². The molecule has 5 rings (SSSR count). The average Bonchev–Trinajstić information content (AvgIpc) is 3.40. The van der Waals surface area contributed by atoms with Gasteiger partial charge in [0.25, 0.3) is 5.92 Å². The van der Waals surface area contributed by atoms with Gasteiger partial charge in [0.2, 0.25) is 5.91 Å². The molecule has 5 nitrogen and oxygen atoms in total. The van der Waals surface area contributed by atoms with Gasteiger partial charge in [0, 0.05) is 56.1 Å². The van der Waals surface area contributed by atoms with Gasteiger partial charge in [-0.05, 0) is 66.8 Å². The predicted molar refractivity (Wildman–Crippen MR) is 143 cm³/mol. The number of piperidine rings is 1. The Labute approximate surface area is 223 Å². The number of anilines is 1. The number of halogens is 2. The van der Waals surface area contributed by atoms with E-state index < -0.39 is 5.92 Å². The third kappa shape index (κ3) is 6.25. The first-order chi connectivity index (χ1) is 18.2. The second-order valence-corrected chi connectivity index (χ2v) is 11.5. The van der Waals surface area contributed by atoms with Crippen LogP contribution in [0.15, 0.2) is 48.5 Å². The molecule has 0 radical (unpaired) electrons. The molecule has 5 atom stereocenters. The van der Waals surface area contributed by atoms with E-state index in [4.69, 9.17) is 4.74 Å². The van der Waals surface area contributed by atoms with E-state index in [1.165, 1.54) is 49.4 Å². The molecule has 2 aromatic carbocycles. The molecular formula is C31H38F2N2O3. The molecule has 38 heavy (non-hydrogen) atoms. The van der Waals surface area contributed by atoms with Gasteiger partial charge in [-0.25, -0.2) is 8.78 Å². The van der Waals surface area contributed by atoms with Crippen LogP contribution in [0.2, 0.25) is 0 Å². The topological polar surface area (TPSA) is 58.6 Å². The molecule has 3 fully saturated rings. The number of Topliss-reactive ketones (excluding diaryl/α,β-unsaturated/α-hetero) is 1. The number of hydrogen-bond donors (Lipinski definition) is 1. The molecule has 1 saturated heterocycles. The first-order valence-corrected chi connectivity index (χ1v) is 13.9. The van der Waals surface area contributed by atoms with Crippen molar-refractivity contribution in [1.82, 2.24) is 4.90 Å². The molecule has 7 heteroatoms. The van der Waals surface area contributed by atoms with E-state index >= 15 is 0 Å². The van der Waals surface area contributed by atoms with Gasteiger partial charge in [0.15, 0.2) is 0 Å². The lowest BCUT2D eigenvalue weighted by Crippen LogP contribution is -2.40. The lowest BCUT2D eigenvalue weighted by atomic mass is 9.81. The number of likely N-dealkylation sites (tertiary alicyclic amines) is 1. The molecule has 3 aliphatic rings. The molecule has 1 N–H and O–H groups in total. The SMILES string of the molecule is COc1ccc(CC2CCCC(N3C[C@@H]4C(C(=O)CCC(=O)Nc5cccc(C(C)(F)F)c5)[C@@H]4C3)C2)cc1. The van der Waals surface area contributed by atoms with Crippen LogP contribution in [0.3, 0.4) is 0 Å². The number of nitrogens with one attached hydrogen (secondary N) is 1. The number of alkyl halides is 2.